The van der Waals surface area contributed by atoms with E-state index in [9.17, 15) is 4.79 Å². The Morgan fingerprint density at radius 3 is 2.65 bits per heavy atom. The molecule has 136 valence electrons. The van der Waals surface area contributed by atoms with E-state index in [-0.39, 0.29) is 11.3 Å². The van der Waals surface area contributed by atoms with E-state index in [4.69, 9.17) is 0 Å². The predicted molar refractivity (Wildman–Crippen MR) is 109 cm³/mol. The Hall–Kier alpha value is -2.14. The van der Waals surface area contributed by atoms with Crippen LogP contribution in [0.15, 0.2) is 53.4 Å². The van der Waals surface area contributed by atoms with Gasteiger partial charge < -0.3 is 16.0 Å². The van der Waals surface area contributed by atoms with Gasteiger partial charge in [0.05, 0.1) is 10.9 Å². The second-order valence-corrected chi connectivity index (χ2v) is 8.23. The van der Waals surface area contributed by atoms with Gasteiger partial charge in [0, 0.05) is 28.9 Å². The molecule has 0 bridgehead atoms. The van der Waals surface area contributed by atoms with Gasteiger partial charge in [-0.15, -0.1) is 0 Å². The van der Waals surface area contributed by atoms with Gasteiger partial charge in [-0.25, -0.2) is 0 Å². The minimum atomic E-state index is 0.0373. The second kappa shape index (κ2) is 8.04. The molecule has 2 aromatic carbocycles. The molecule has 1 aliphatic carbocycles. The lowest BCUT2D eigenvalue weighted by Gasteiger charge is -2.23. The number of para-hydroxylation sites is 2. The number of hydrogen-bond donors (Lipinski definition) is 3. The Balaban J connectivity index is 1.37. The van der Waals surface area contributed by atoms with E-state index in [2.05, 4.69) is 34.1 Å². The molecule has 4 nitrogen and oxygen atoms in total. The van der Waals surface area contributed by atoms with Crippen molar-refractivity contribution >= 4 is 29.0 Å². The maximum absolute atomic E-state index is 12.7. The van der Waals surface area contributed by atoms with Crippen molar-refractivity contribution in [3.05, 3.63) is 54.1 Å². The first-order chi connectivity index (χ1) is 12.8. The summed E-state index contributed by atoms with van der Waals surface area (Å²) in [6, 6.07) is 16.5. The summed E-state index contributed by atoms with van der Waals surface area (Å²) in [5, 5.41) is 10.5. The highest BCUT2D eigenvalue weighted by Gasteiger charge is 2.22. The highest BCUT2D eigenvalue weighted by molar-refractivity contribution is 8.00. The molecule has 4 rings (SSSR count). The normalized spacial score (nSPS) is 19.5. The van der Waals surface area contributed by atoms with E-state index in [1.54, 1.807) is 0 Å². The number of nitrogens with one attached hydrogen (secondary N) is 3. The number of fused-ring (bicyclic) bond motifs is 1. The number of thioether (sulfide) groups is 1. The Kier molecular flexibility index (Phi) is 5.34. The van der Waals surface area contributed by atoms with Gasteiger partial charge in [-0.1, -0.05) is 55.3 Å². The largest absolute Gasteiger partial charge is 0.381 e. The van der Waals surface area contributed by atoms with Crippen LogP contribution in [0.1, 0.15) is 42.5 Å². The molecule has 0 spiro atoms. The van der Waals surface area contributed by atoms with Crippen LogP contribution < -0.4 is 16.0 Å². The molecule has 26 heavy (non-hydrogen) atoms. The summed E-state index contributed by atoms with van der Waals surface area (Å²) < 4.78 is 0. The lowest BCUT2D eigenvalue weighted by molar-refractivity contribution is 0.0928. The highest BCUT2D eigenvalue weighted by atomic mass is 32.2. The van der Waals surface area contributed by atoms with Gasteiger partial charge in [0.1, 0.15) is 0 Å². The molecule has 1 atom stereocenters. The quantitative estimate of drug-likeness (QED) is 0.717. The van der Waals surface area contributed by atoms with Crippen molar-refractivity contribution in [3.8, 4) is 0 Å². The van der Waals surface area contributed by atoms with Crippen molar-refractivity contribution in [1.82, 2.24) is 5.32 Å². The minimum absolute atomic E-state index is 0.0373. The van der Waals surface area contributed by atoms with Gasteiger partial charge in [0.2, 0.25) is 0 Å². The summed E-state index contributed by atoms with van der Waals surface area (Å²) in [5.41, 5.74) is 2.82. The van der Waals surface area contributed by atoms with Crippen molar-refractivity contribution in [2.24, 2.45) is 0 Å². The molecule has 1 aliphatic heterocycles. The van der Waals surface area contributed by atoms with Crippen molar-refractivity contribution in [2.75, 3.05) is 17.2 Å². The molecule has 2 aliphatic rings. The summed E-state index contributed by atoms with van der Waals surface area (Å²) in [5.74, 6) is 0.0373. The average Bonchev–Trinajstić information content (AvgIpc) is 3.10. The van der Waals surface area contributed by atoms with Crippen molar-refractivity contribution < 1.29 is 4.79 Å². The van der Waals surface area contributed by atoms with Crippen molar-refractivity contribution in [1.29, 1.82) is 0 Å². The third kappa shape index (κ3) is 3.98. The standard InChI is InChI=1S/C21H25N3OS/c25-21(23-15-8-2-1-3-9-15)16-10-4-5-11-17(16)22-14-20-24-18-12-6-7-13-19(18)26-20/h4-7,10-13,15,20,22,24H,1-3,8-9,14H2,(H,23,25). The van der Waals surface area contributed by atoms with E-state index in [1.807, 2.05) is 42.1 Å². The molecule has 0 aromatic heterocycles. The summed E-state index contributed by atoms with van der Waals surface area (Å²) in [6.07, 6.45) is 5.93. The van der Waals surface area contributed by atoms with Crippen LogP contribution >= 0.6 is 11.8 Å². The van der Waals surface area contributed by atoms with E-state index >= 15 is 0 Å². The highest BCUT2D eigenvalue weighted by Crippen LogP contribution is 2.38. The number of hydrogen-bond acceptors (Lipinski definition) is 4. The van der Waals surface area contributed by atoms with Crippen LogP contribution in [0, 0.1) is 0 Å². The number of rotatable bonds is 5. The number of carbonyl (C=O) groups is 1. The molecule has 1 unspecified atom stereocenters. The molecule has 3 N–H and O–H groups in total. The van der Waals surface area contributed by atoms with Gasteiger partial charge in [0.25, 0.3) is 5.91 Å². The number of anilines is 2. The average molecular weight is 368 g/mol. The zero-order chi connectivity index (χ0) is 17.8. The molecule has 5 heteroatoms. The molecular formula is C21H25N3OS. The molecular weight excluding hydrogens is 342 g/mol. The molecule has 0 saturated heterocycles. The van der Waals surface area contributed by atoms with Crippen LogP contribution in [0.5, 0.6) is 0 Å². The molecule has 1 amide bonds. The Bertz CT molecular complexity index is 748. The van der Waals surface area contributed by atoms with E-state index in [1.165, 1.54) is 29.8 Å². The van der Waals surface area contributed by atoms with Crippen LogP contribution in [0.3, 0.4) is 0 Å². The van der Waals surface area contributed by atoms with Gasteiger partial charge in [-0.3, -0.25) is 4.79 Å². The van der Waals surface area contributed by atoms with E-state index < -0.39 is 0 Å². The number of carbonyl (C=O) groups excluding carboxylic acids is 1. The SMILES string of the molecule is O=C(NC1CCCCC1)c1ccccc1NCC1Nc2ccccc2S1. The molecule has 0 radical (unpaired) electrons. The van der Waals surface area contributed by atoms with E-state index in [0.717, 1.165) is 30.6 Å². The maximum atomic E-state index is 12.7. The topological polar surface area (TPSA) is 53.2 Å². The first-order valence-corrected chi connectivity index (χ1v) is 10.3. The fraction of sp³-hybridized carbons (Fsp3) is 0.381. The van der Waals surface area contributed by atoms with Gasteiger partial charge in [-0.2, -0.15) is 0 Å². The maximum Gasteiger partial charge on any atom is 0.253 e. The van der Waals surface area contributed by atoms with E-state index in [0.29, 0.717) is 6.04 Å². The molecule has 2 aromatic rings. The number of benzene rings is 2. The fourth-order valence-corrected chi connectivity index (χ4v) is 4.76. The third-order valence-electron chi connectivity index (χ3n) is 5.06. The first-order valence-electron chi connectivity index (χ1n) is 9.45. The Labute approximate surface area is 159 Å². The summed E-state index contributed by atoms with van der Waals surface area (Å²) >= 11 is 1.82. The molecule has 1 fully saturated rings. The summed E-state index contributed by atoms with van der Waals surface area (Å²) in [4.78, 5) is 14.0. The summed E-state index contributed by atoms with van der Waals surface area (Å²) in [6.45, 7) is 0.757. The van der Waals surface area contributed by atoms with Crippen LogP contribution in [0.4, 0.5) is 11.4 Å². The Morgan fingerprint density at radius 1 is 1.04 bits per heavy atom. The second-order valence-electron chi connectivity index (χ2n) is 6.98. The first kappa shape index (κ1) is 17.3. The lowest BCUT2D eigenvalue weighted by Crippen LogP contribution is -2.36. The molecule has 1 saturated carbocycles. The van der Waals surface area contributed by atoms with Crippen LogP contribution in [-0.2, 0) is 0 Å². The van der Waals surface area contributed by atoms with Crippen LogP contribution in [0.25, 0.3) is 0 Å². The van der Waals surface area contributed by atoms with Gasteiger partial charge >= 0.3 is 0 Å². The summed E-state index contributed by atoms with van der Waals surface area (Å²) in [7, 11) is 0. The minimum Gasteiger partial charge on any atom is -0.381 e. The Morgan fingerprint density at radius 2 is 1.81 bits per heavy atom. The van der Waals surface area contributed by atoms with Gasteiger partial charge in [0.15, 0.2) is 0 Å². The van der Waals surface area contributed by atoms with Crippen molar-refractivity contribution in [3.63, 3.8) is 0 Å². The number of amides is 1. The smallest absolute Gasteiger partial charge is 0.253 e. The zero-order valence-electron chi connectivity index (χ0n) is 14.8. The third-order valence-corrected chi connectivity index (χ3v) is 6.24. The fourth-order valence-electron chi connectivity index (χ4n) is 3.69. The van der Waals surface area contributed by atoms with Crippen molar-refractivity contribution in [2.45, 2.75) is 48.4 Å². The van der Waals surface area contributed by atoms with Gasteiger partial charge in [-0.05, 0) is 37.1 Å². The van der Waals surface area contributed by atoms with Crippen LogP contribution in [-0.4, -0.2) is 23.9 Å². The zero-order valence-corrected chi connectivity index (χ0v) is 15.6. The van der Waals surface area contributed by atoms with Crippen LogP contribution in [0.2, 0.25) is 0 Å². The monoisotopic (exact) mass is 367 g/mol. The molecule has 1 heterocycles. The lowest BCUT2D eigenvalue weighted by atomic mass is 9.95. The predicted octanol–water partition coefficient (Wildman–Crippen LogP) is 4.70.